The summed E-state index contributed by atoms with van der Waals surface area (Å²) in [6, 6.07) is 0. The molecule has 0 unspecified atom stereocenters. The number of hydrogen-bond acceptors (Lipinski definition) is 2. The number of carbonyl (C=O) groups excluding carboxylic acids is 1. The monoisotopic (exact) mass is 208 g/mol. The van der Waals surface area contributed by atoms with E-state index in [1.807, 2.05) is 20.2 Å². The number of aryl methyl sites for hydroxylation is 2. The quantitative estimate of drug-likeness (QED) is 0.697. The van der Waals surface area contributed by atoms with Gasteiger partial charge < -0.3 is 0 Å². The Labute approximate surface area is 91.5 Å². The lowest BCUT2D eigenvalue weighted by Crippen LogP contribution is -2.00. The summed E-state index contributed by atoms with van der Waals surface area (Å²) in [4.78, 5) is 11.8. The van der Waals surface area contributed by atoms with Crippen LogP contribution >= 0.6 is 0 Å². The second kappa shape index (κ2) is 5.10. The molecule has 1 rings (SSSR count). The maximum atomic E-state index is 11.8. The number of nitrogens with zero attached hydrogens (tertiary/aromatic N) is 2. The fourth-order valence-corrected chi connectivity index (χ4v) is 1.68. The van der Waals surface area contributed by atoms with Crippen molar-refractivity contribution in [1.82, 2.24) is 9.78 Å². The highest BCUT2D eigenvalue weighted by Crippen LogP contribution is 2.12. The maximum absolute atomic E-state index is 11.8. The first-order valence-electron chi connectivity index (χ1n) is 5.54. The van der Waals surface area contributed by atoms with E-state index in [0.717, 1.165) is 24.1 Å². The molecule has 0 fully saturated rings. The van der Waals surface area contributed by atoms with Crippen LogP contribution in [0.15, 0.2) is 6.20 Å². The first kappa shape index (κ1) is 12.0. The average molecular weight is 208 g/mol. The van der Waals surface area contributed by atoms with E-state index in [-0.39, 0.29) is 5.78 Å². The normalized spacial score (nSPS) is 11.0. The summed E-state index contributed by atoms with van der Waals surface area (Å²) in [6.45, 7) is 6.25. The van der Waals surface area contributed by atoms with Crippen molar-refractivity contribution in [3.05, 3.63) is 17.5 Å². The van der Waals surface area contributed by atoms with E-state index >= 15 is 0 Å². The first-order valence-corrected chi connectivity index (χ1v) is 5.54. The van der Waals surface area contributed by atoms with Crippen LogP contribution in [0.1, 0.15) is 49.2 Å². The van der Waals surface area contributed by atoms with Crippen LogP contribution in [0.4, 0.5) is 0 Å². The third-order valence-electron chi connectivity index (χ3n) is 2.50. The summed E-state index contributed by atoms with van der Waals surface area (Å²) in [5.74, 6) is 0.897. The molecule has 0 amide bonds. The zero-order valence-electron chi connectivity index (χ0n) is 10.1. The van der Waals surface area contributed by atoms with Crippen molar-refractivity contribution in [1.29, 1.82) is 0 Å². The predicted molar refractivity (Wildman–Crippen MR) is 61.0 cm³/mol. The summed E-state index contributed by atoms with van der Waals surface area (Å²) in [7, 11) is 1.85. The molecule has 0 aliphatic carbocycles. The van der Waals surface area contributed by atoms with Gasteiger partial charge in [0.25, 0.3) is 0 Å². The van der Waals surface area contributed by atoms with Gasteiger partial charge in [-0.2, -0.15) is 5.10 Å². The van der Waals surface area contributed by atoms with E-state index in [1.54, 1.807) is 4.68 Å². The Balaban J connectivity index is 2.50. The van der Waals surface area contributed by atoms with Crippen molar-refractivity contribution in [2.24, 2.45) is 13.0 Å². The van der Waals surface area contributed by atoms with Gasteiger partial charge in [-0.3, -0.25) is 9.48 Å². The van der Waals surface area contributed by atoms with Gasteiger partial charge in [-0.15, -0.1) is 0 Å². The molecule has 3 nitrogen and oxygen atoms in total. The van der Waals surface area contributed by atoms with Crippen LogP contribution in [0.25, 0.3) is 0 Å². The topological polar surface area (TPSA) is 34.9 Å². The van der Waals surface area contributed by atoms with E-state index in [4.69, 9.17) is 0 Å². The number of carbonyl (C=O) groups is 1. The smallest absolute Gasteiger partial charge is 0.166 e. The van der Waals surface area contributed by atoms with Gasteiger partial charge in [-0.25, -0.2) is 0 Å². The van der Waals surface area contributed by atoms with E-state index in [9.17, 15) is 4.79 Å². The molecular formula is C12H20N2O. The Morgan fingerprint density at radius 2 is 2.20 bits per heavy atom. The maximum Gasteiger partial charge on any atom is 0.166 e. The molecule has 0 saturated carbocycles. The van der Waals surface area contributed by atoms with Crippen molar-refractivity contribution >= 4 is 5.78 Å². The van der Waals surface area contributed by atoms with Crippen LogP contribution < -0.4 is 0 Å². The molecule has 84 valence electrons. The number of aromatic nitrogens is 2. The number of rotatable bonds is 5. The lowest BCUT2D eigenvalue weighted by Gasteiger charge is -2.02. The summed E-state index contributed by atoms with van der Waals surface area (Å²) >= 11 is 0. The molecule has 0 aliphatic rings. The fraction of sp³-hybridized carbons (Fsp3) is 0.667. The van der Waals surface area contributed by atoms with Crippen LogP contribution in [-0.2, 0) is 7.05 Å². The van der Waals surface area contributed by atoms with Crippen LogP contribution in [0.3, 0.4) is 0 Å². The molecule has 0 bridgehead atoms. The molecule has 0 atom stereocenters. The Morgan fingerprint density at radius 3 is 2.67 bits per heavy atom. The SMILES string of the molecule is Cc1nn(C)cc1C(=O)CCCC(C)C. The second-order valence-electron chi connectivity index (χ2n) is 4.51. The molecule has 0 spiro atoms. The first-order chi connectivity index (χ1) is 7.00. The lowest BCUT2D eigenvalue weighted by atomic mass is 10.0. The van der Waals surface area contributed by atoms with Gasteiger partial charge in [0.2, 0.25) is 0 Å². The van der Waals surface area contributed by atoms with E-state index < -0.39 is 0 Å². The molecule has 3 heteroatoms. The molecule has 0 aliphatic heterocycles. The minimum absolute atomic E-state index is 0.223. The summed E-state index contributed by atoms with van der Waals surface area (Å²) in [6.07, 6.45) is 4.55. The number of hydrogen-bond donors (Lipinski definition) is 0. The van der Waals surface area contributed by atoms with E-state index in [1.165, 1.54) is 0 Å². The Bertz CT molecular complexity index is 339. The van der Waals surface area contributed by atoms with Crippen LogP contribution in [0, 0.1) is 12.8 Å². The van der Waals surface area contributed by atoms with Gasteiger partial charge in [-0.05, 0) is 19.3 Å². The molecule has 1 aromatic rings. The largest absolute Gasteiger partial charge is 0.294 e. The summed E-state index contributed by atoms with van der Waals surface area (Å²) in [5.41, 5.74) is 1.62. The highest BCUT2D eigenvalue weighted by atomic mass is 16.1. The van der Waals surface area contributed by atoms with Crippen molar-refractivity contribution in [2.45, 2.75) is 40.0 Å². The minimum Gasteiger partial charge on any atom is -0.294 e. The average Bonchev–Trinajstić information content (AvgIpc) is 2.44. The Hall–Kier alpha value is -1.12. The molecule has 0 saturated heterocycles. The van der Waals surface area contributed by atoms with Gasteiger partial charge in [0.05, 0.1) is 11.3 Å². The Kier molecular flexibility index (Phi) is 4.06. The van der Waals surface area contributed by atoms with Crippen LogP contribution in [0.5, 0.6) is 0 Å². The molecule has 0 radical (unpaired) electrons. The van der Waals surface area contributed by atoms with Crippen molar-refractivity contribution in [3.8, 4) is 0 Å². The highest BCUT2D eigenvalue weighted by molar-refractivity contribution is 5.96. The molecule has 0 N–H and O–H groups in total. The van der Waals surface area contributed by atoms with Gasteiger partial charge in [-0.1, -0.05) is 20.3 Å². The second-order valence-corrected chi connectivity index (χ2v) is 4.51. The standard InChI is InChI=1S/C12H20N2O/c1-9(2)6-5-7-12(15)11-8-14(4)13-10(11)3/h8-9H,5-7H2,1-4H3. The van der Waals surface area contributed by atoms with Gasteiger partial charge >= 0.3 is 0 Å². The highest BCUT2D eigenvalue weighted by Gasteiger charge is 2.11. The number of Topliss-reactive ketones (excluding diaryl/α,β-unsaturated/α-hetero) is 1. The molecule has 0 aromatic carbocycles. The molecule has 15 heavy (non-hydrogen) atoms. The Morgan fingerprint density at radius 1 is 1.53 bits per heavy atom. The van der Waals surface area contributed by atoms with Gasteiger partial charge in [0.1, 0.15) is 0 Å². The third kappa shape index (κ3) is 3.50. The van der Waals surface area contributed by atoms with Crippen molar-refractivity contribution in [3.63, 3.8) is 0 Å². The van der Waals surface area contributed by atoms with E-state index in [2.05, 4.69) is 18.9 Å². The number of ketones is 1. The molecular weight excluding hydrogens is 188 g/mol. The van der Waals surface area contributed by atoms with Crippen molar-refractivity contribution < 1.29 is 4.79 Å². The van der Waals surface area contributed by atoms with Crippen LogP contribution in [-0.4, -0.2) is 15.6 Å². The zero-order chi connectivity index (χ0) is 11.4. The predicted octanol–water partition coefficient (Wildman–Crippen LogP) is 2.74. The summed E-state index contributed by atoms with van der Waals surface area (Å²) in [5, 5.41) is 4.17. The molecule has 1 aromatic heterocycles. The minimum atomic E-state index is 0.223. The van der Waals surface area contributed by atoms with Gasteiger partial charge in [0.15, 0.2) is 5.78 Å². The summed E-state index contributed by atoms with van der Waals surface area (Å²) < 4.78 is 1.70. The zero-order valence-corrected chi connectivity index (χ0v) is 10.1. The fourth-order valence-electron chi connectivity index (χ4n) is 1.68. The van der Waals surface area contributed by atoms with E-state index in [0.29, 0.717) is 12.3 Å². The van der Waals surface area contributed by atoms with Crippen molar-refractivity contribution in [2.75, 3.05) is 0 Å². The van der Waals surface area contributed by atoms with Gasteiger partial charge in [0, 0.05) is 19.7 Å². The molecule has 1 heterocycles. The lowest BCUT2D eigenvalue weighted by molar-refractivity contribution is 0.0977. The van der Waals surface area contributed by atoms with Crippen LogP contribution in [0.2, 0.25) is 0 Å². The third-order valence-corrected chi connectivity index (χ3v) is 2.50.